The molecule has 0 amide bonds. The maximum absolute atomic E-state index is 5.53. The monoisotopic (exact) mass is 352 g/mol. The van der Waals surface area contributed by atoms with Gasteiger partial charge in [0, 0.05) is 35.0 Å². The molecule has 0 saturated heterocycles. The summed E-state index contributed by atoms with van der Waals surface area (Å²) in [5.74, 6) is 1.60. The molecule has 1 aliphatic carbocycles. The Morgan fingerprint density at radius 2 is 1.96 bits per heavy atom. The summed E-state index contributed by atoms with van der Waals surface area (Å²) in [6, 6.07) is 9.07. The van der Waals surface area contributed by atoms with Gasteiger partial charge in [0.25, 0.3) is 0 Å². The normalized spacial score (nSPS) is 16.8. The molecule has 0 radical (unpaired) electrons. The minimum absolute atomic E-state index is 0.291. The van der Waals surface area contributed by atoms with Crippen molar-refractivity contribution in [2.24, 2.45) is 0 Å². The number of aromatic nitrogens is 1. The van der Waals surface area contributed by atoms with Crippen LogP contribution in [0.2, 0.25) is 0 Å². The first-order chi connectivity index (χ1) is 12.4. The van der Waals surface area contributed by atoms with Gasteiger partial charge in [0.2, 0.25) is 6.79 Å². The first kappa shape index (κ1) is 15.2. The number of nitrogens with zero attached hydrogens (tertiary/aromatic N) is 1. The second-order valence-corrected chi connectivity index (χ2v) is 7.55. The van der Waals surface area contributed by atoms with Gasteiger partial charge in [-0.3, -0.25) is 0 Å². The second-order valence-electron chi connectivity index (χ2n) is 6.77. The molecule has 1 aliphatic heterocycles. The van der Waals surface area contributed by atoms with Gasteiger partial charge in [-0.1, -0.05) is 12.8 Å². The maximum Gasteiger partial charge on any atom is 0.231 e. The van der Waals surface area contributed by atoms with Crippen molar-refractivity contribution in [2.75, 3.05) is 6.79 Å². The van der Waals surface area contributed by atoms with E-state index in [4.69, 9.17) is 14.5 Å². The van der Waals surface area contributed by atoms with Crippen LogP contribution in [0.25, 0.3) is 22.2 Å². The van der Waals surface area contributed by atoms with E-state index in [0.717, 1.165) is 34.6 Å². The molecule has 5 rings (SSSR count). The topological polar surface area (TPSA) is 43.4 Å². The van der Waals surface area contributed by atoms with Crippen molar-refractivity contribution >= 4 is 22.2 Å². The van der Waals surface area contributed by atoms with Crippen LogP contribution in [0.5, 0.6) is 11.5 Å². The molecule has 0 spiro atoms. The molecule has 1 aromatic carbocycles. The fourth-order valence-electron chi connectivity index (χ4n) is 3.78. The number of pyridine rings is 1. The highest BCUT2D eigenvalue weighted by Gasteiger charge is 2.19. The lowest BCUT2D eigenvalue weighted by atomic mass is 10.0. The molecular weight excluding hydrogens is 332 g/mol. The van der Waals surface area contributed by atoms with Gasteiger partial charge >= 0.3 is 0 Å². The van der Waals surface area contributed by atoms with Crippen molar-refractivity contribution < 1.29 is 9.47 Å². The molecule has 3 heterocycles. The number of hydrogen-bond donors (Lipinski definition) is 1. The Hall–Kier alpha value is -2.11. The van der Waals surface area contributed by atoms with Gasteiger partial charge in [-0.25, -0.2) is 4.98 Å². The van der Waals surface area contributed by atoms with E-state index in [-0.39, 0.29) is 0 Å². The van der Waals surface area contributed by atoms with E-state index in [2.05, 4.69) is 28.2 Å². The van der Waals surface area contributed by atoms with E-state index in [1.165, 1.54) is 36.8 Å². The number of fused-ring (bicyclic) bond motifs is 2. The predicted octanol–water partition coefficient (Wildman–Crippen LogP) is 4.72. The molecule has 0 unspecified atom stereocenters. The van der Waals surface area contributed by atoms with Crippen LogP contribution >= 0.6 is 11.3 Å². The van der Waals surface area contributed by atoms with E-state index >= 15 is 0 Å². The molecule has 1 saturated carbocycles. The number of thiophene rings is 1. The van der Waals surface area contributed by atoms with Crippen LogP contribution in [-0.2, 0) is 6.54 Å². The summed E-state index contributed by atoms with van der Waals surface area (Å²) in [5.41, 5.74) is 4.46. The summed E-state index contributed by atoms with van der Waals surface area (Å²) in [4.78, 5) is 4.97. The lowest BCUT2D eigenvalue weighted by Gasteiger charge is -2.15. The van der Waals surface area contributed by atoms with Gasteiger partial charge in [0.15, 0.2) is 11.5 Å². The zero-order valence-corrected chi connectivity index (χ0v) is 14.8. The van der Waals surface area contributed by atoms with Crippen molar-refractivity contribution in [1.82, 2.24) is 10.3 Å². The molecule has 1 N–H and O–H groups in total. The van der Waals surface area contributed by atoms with Crippen LogP contribution in [-0.4, -0.2) is 17.8 Å². The third-order valence-electron chi connectivity index (χ3n) is 5.12. The van der Waals surface area contributed by atoms with Gasteiger partial charge in [-0.2, -0.15) is 11.3 Å². The zero-order chi connectivity index (χ0) is 16.6. The quantitative estimate of drug-likeness (QED) is 0.737. The number of benzene rings is 1. The Labute approximate surface area is 150 Å². The summed E-state index contributed by atoms with van der Waals surface area (Å²) < 4.78 is 11.0. The van der Waals surface area contributed by atoms with Crippen LogP contribution < -0.4 is 14.8 Å². The first-order valence-corrected chi connectivity index (χ1v) is 9.80. The van der Waals surface area contributed by atoms with E-state index < -0.39 is 0 Å². The Bertz CT molecular complexity index is 902. The van der Waals surface area contributed by atoms with Gasteiger partial charge in [0.05, 0.1) is 11.2 Å². The molecule has 3 aromatic rings. The number of hydrogen-bond acceptors (Lipinski definition) is 5. The van der Waals surface area contributed by atoms with Gasteiger partial charge in [-0.15, -0.1) is 0 Å². The minimum atomic E-state index is 0.291. The lowest BCUT2D eigenvalue weighted by molar-refractivity contribution is 0.174. The smallest absolute Gasteiger partial charge is 0.231 e. The zero-order valence-electron chi connectivity index (χ0n) is 14.0. The average Bonchev–Trinajstić information content (AvgIpc) is 3.39. The van der Waals surface area contributed by atoms with Crippen LogP contribution in [0.1, 0.15) is 31.2 Å². The predicted molar refractivity (Wildman–Crippen MR) is 100 cm³/mol. The molecular formula is C20H20N2O2S. The van der Waals surface area contributed by atoms with Crippen molar-refractivity contribution in [3.63, 3.8) is 0 Å². The molecule has 0 atom stereocenters. The Morgan fingerprint density at radius 3 is 2.76 bits per heavy atom. The third-order valence-corrected chi connectivity index (χ3v) is 5.80. The van der Waals surface area contributed by atoms with Crippen LogP contribution in [0.4, 0.5) is 0 Å². The molecule has 2 aliphatic rings. The number of nitrogens with one attached hydrogen (secondary N) is 1. The minimum Gasteiger partial charge on any atom is -0.454 e. The van der Waals surface area contributed by atoms with Crippen LogP contribution in [0.15, 0.2) is 35.0 Å². The summed E-state index contributed by atoms with van der Waals surface area (Å²) >= 11 is 1.71. The summed E-state index contributed by atoms with van der Waals surface area (Å²) in [6.45, 7) is 1.15. The van der Waals surface area contributed by atoms with Crippen molar-refractivity contribution in [2.45, 2.75) is 38.3 Å². The molecule has 5 heteroatoms. The maximum atomic E-state index is 5.53. The SMILES string of the molecule is c1cc(-c2nc3cc4c(cc3cc2CNC2CCCC2)OCO4)cs1. The lowest BCUT2D eigenvalue weighted by Crippen LogP contribution is -2.25. The standard InChI is InChI=1S/C20H20N2O2S/c1-2-4-16(3-1)21-10-15-7-14-8-18-19(24-12-23-18)9-17(14)22-20(15)13-5-6-25-11-13/h5-9,11,16,21H,1-4,10,12H2. The highest BCUT2D eigenvalue weighted by Crippen LogP contribution is 2.37. The largest absolute Gasteiger partial charge is 0.454 e. The molecule has 1 fully saturated rings. The molecule has 2 aromatic heterocycles. The van der Waals surface area contributed by atoms with E-state index in [1.54, 1.807) is 11.3 Å². The van der Waals surface area contributed by atoms with E-state index in [1.807, 2.05) is 12.1 Å². The number of ether oxygens (including phenoxy) is 2. The first-order valence-electron chi connectivity index (χ1n) is 8.86. The highest BCUT2D eigenvalue weighted by atomic mass is 32.1. The summed E-state index contributed by atoms with van der Waals surface area (Å²) in [7, 11) is 0. The fraction of sp³-hybridized carbons (Fsp3) is 0.350. The van der Waals surface area contributed by atoms with Crippen molar-refractivity contribution in [3.8, 4) is 22.8 Å². The van der Waals surface area contributed by atoms with Gasteiger partial charge in [0.1, 0.15) is 0 Å². The molecule has 0 bridgehead atoms. The third kappa shape index (κ3) is 2.87. The van der Waals surface area contributed by atoms with Gasteiger partial charge in [-0.05, 0) is 42.0 Å². The Balaban J connectivity index is 1.57. The van der Waals surface area contributed by atoms with E-state index in [0.29, 0.717) is 12.8 Å². The summed E-state index contributed by atoms with van der Waals surface area (Å²) in [6.07, 6.45) is 5.25. The Morgan fingerprint density at radius 1 is 1.12 bits per heavy atom. The van der Waals surface area contributed by atoms with Crippen molar-refractivity contribution in [3.05, 3.63) is 40.6 Å². The van der Waals surface area contributed by atoms with Crippen LogP contribution in [0.3, 0.4) is 0 Å². The fourth-order valence-corrected chi connectivity index (χ4v) is 4.42. The van der Waals surface area contributed by atoms with Gasteiger partial charge < -0.3 is 14.8 Å². The molecule has 128 valence electrons. The molecule has 4 nitrogen and oxygen atoms in total. The Kier molecular flexibility index (Phi) is 3.83. The number of rotatable bonds is 4. The van der Waals surface area contributed by atoms with Crippen LogP contribution in [0, 0.1) is 0 Å². The molecule has 25 heavy (non-hydrogen) atoms. The van der Waals surface area contributed by atoms with Crippen molar-refractivity contribution in [1.29, 1.82) is 0 Å². The second kappa shape index (κ2) is 6.32. The van der Waals surface area contributed by atoms with E-state index in [9.17, 15) is 0 Å². The highest BCUT2D eigenvalue weighted by molar-refractivity contribution is 7.08. The summed E-state index contributed by atoms with van der Waals surface area (Å²) in [5, 5.41) is 9.10. The average molecular weight is 352 g/mol.